The van der Waals surface area contributed by atoms with Gasteiger partial charge in [0.15, 0.2) is 0 Å². The van der Waals surface area contributed by atoms with Gasteiger partial charge in [0.1, 0.15) is 0 Å². The molecule has 3 heteroatoms. The van der Waals surface area contributed by atoms with Crippen molar-refractivity contribution in [3.8, 4) is 0 Å². The molecule has 0 aromatic carbocycles. The monoisotopic (exact) mass is 214 g/mol. The highest BCUT2D eigenvalue weighted by Crippen LogP contribution is 2.51. The van der Waals surface area contributed by atoms with Crippen molar-refractivity contribution < 1.29 is 9.53 Å². The van der Waals surface area contributed by atoms with Crippen LogP contribution in [0.4, 0.5) is 0 Å². The SMILES string of the molecule is C=C(C)CSCC1(CC(=O)OC)CC1. The quantitative estimate of drug-likeness (QED) is 0.502. The Kier molecular flexibility index (Phi) is 4.05. The number of esters is 1. The summed E-state index contributed by atoms with van der Waals surface area (Å²) in [5.41, 5.74) is 1.46. The van der Waals surface area contributed by atoms with Gasteiger partial charge in [-0.3, -0.25) is 4.79 Å². The van der Waals surface area contributed by atoms with Gasteiger partial charge in [0, 0.05) is 5.75 Å². The lowest BCUT2D eigenvalue weighted by Gasteiger charge is -2.12. The first-order valence-electron chi connectivity index (χ1n) is 4.87. The van der Waals surface area contributed by atoms with Crippen LogP contribution in [0, 0.1) is 5.41 Å². The summed E-state index contributed by atoms with van der Waals surface area (Å²) in [6, 6.07) is 0. The third-order valence-electron chi connectivity index (χ3n) is 2.46. The number of thioether (sulfide) groups is 1. The second-order valence-electron chi connectivity index (χ2n) is 4.20. The van der Waals surface area contributed by atoms with Crippen LogP contribution < -0.4 is 0 Å². The molecule has 1 saturated carbocycles. The number of carbonyl (C=O) groups excluding carboxylic acids is 1. The van der Waals surface area contributed by atoms with E-state index >= 15 is 0 Å². The summed E-state index contributed by atoms with van der Waals surface area (Å²) in [5, 5.41) is 0. The van der Waals surface area contributed by atoms with Gasteiger partial charge in [-0.15, -0.1) is 0 Å². The fourth-order valence-corrected chi connectivity index (χ4v) is 2.64. The molecule has 0 heterocycles. The highest BCUT2D eigenvalue weighted by molar-refractivity contribution is 7.99. The average molecular weight is 214 g/mol. The molecule has 0 radical (unpaired) electrons. The highest BCUT2D eigenvalue weighted by atomic mass is 32.2. The summed E-state index contributed by atoms with van der Waals surface area (Å²) in [6.07, 6.45) is 2.93. The molecule has 0 N–H and O–H groups in total. The molecule has 0 bridgehead atoms. The normalized spacial score (nSPS) is 17.6. The van der Waals surface area contributed by atoms with Crippen molar-refractivity contribution in [3.63, 3.8) is 0 Å². The Morgan fingerprint density at radius 3 is 2.64 bits per heavy atom. The summed E-state index contributed by atoms with van der Waals surface area (Å²) < 4.78 is 4.69. The Balaban J connectivity index is 2.22. The van der Waals surface area contributed by atoms with Gasteiger partial charge in [-0.1, -0.05) is 12.2 Å². The van der Waals surface area contributed by atoms with Crippen molar-refractivity contribution in [3.05, 3.63) is 12.2 Å². The van der Waals surface area contributed by atoms with Crippen molar-refractivity contribution in [1.29, 1.82) is 0 Å². The molecule has 0 saturated heterocycles. The molecule has 80 valence electrons. The van der Waals surface area contributed by atoms with Crippen LogP contribution in [0.5, 0.6) is 0 Å². The Morgan fingerprint density at radius 1 is 1.57 bits per heavy atom. The zero-order valence-electron chi connectivity index (χ0n) is 8.97. The van der Waals surface area contributed by atoms with Crippen molar-refractivity contribution in [2.24, 2.45) is 5.41 Å². The van der Waals surface area contributed by atoms with Gasteiger partial charge in [0.05, 0.1) is 13.5 Å². The summed E-state index contributed by atoms with van der Waals surface area (Å²) in [6.45, 7) is 5.89. The van der Waals surface area contributed by atoms with Crippen molar-refractivity contribution in [2.45, 2.75) is 26.2 Å². The van der Waals surface area contributed by atoms with Gasteiger partial charge in [0.2, 0.25) is 0 Å². The molecule has 1 rings (SSSR count). The third-order valence-corrected chi connectivity index (χ3v) is 3.97. The van der Waals surface area contributed by atoms with E-state index in [0.29, 0.717) is 6.42 Å². The van der Waals surface area contributed by atoms with Crippen molar-refractivity contribution in [2.75, 3.05) is 18.6 Å². The van der Waals surface area contributed by atoms with Gasteiger partial charge in [-0.25, -0.2) is 0 Å². The van der Waals surface area contributed by atoms with Gasteiger partial charge in [-0.2, -0.15) is 11.8 Å². The van der Waals surface area contributed by atoms with Crippen LogP contribution in [0.1, 0.15) is 26.2 Å². The highest BCUT2D eigenvalue weighted by Gasteiger charge is 2.44. The van der Waals surface area contributed by atoms with Crippen molar-refractivity contribution >= 4 is 17.7 Å². The van der Waals surface area contributed by atoms with E-state index in [2.05, 4.69) is 11.3 Å². The summed E-state index contributed by atoms with van der Waals surface area (Å²) >= 11 is 1.88. The van der Waals surface area contributed by atoms with E-state index in [1.54, 1.807) is 0 Å². The van der Waals surface area contributed by atoms with Crippen LogP contribution in [-0.4, -0.2) is 24.6 Å². The molecule has 0 unspecified atom stereocenters. The number of carbonyl (C=O) groups is 1. The Bertz CT molecular complexity index is 231. The van der Waals surface area contributed by atoms with E-state index in [1.165, 1.54) is 25.5 Å². The Morgan fingerprint density at radius 2 is 2.21 bits per heavy atom. The maximum Gasteiger partial charge on any atom is 0.306 e. The molecule has 0 atom stereocenters. The van der Waals surface area contributed by atoms with Gasteiger partial charge in [0.25, 0.3) is 0 Å². The van der Waals surface area contributed by atoms with E-state index < -0.39 is 0 Å². The first kappa shape index (κ1) is 11.6. The van der Waals surface area contributed by atoms with E-state index in [-0.39, 0.29) is 11.4 Å². The lowest BCUT2D eigenvalue weighted by molar-refractivity contribution is -0.141. The van der Waals surface area contributed by atoms with E-state index in [4.69, 9.17) is 0 Å². The van der Waals surface area contributed by atoms with Crippen LogP contribution >= 0.6 is 11.8 Å². The summed E-state index contributed by atoms with van der Waals surface area (Å²) in [4.78, 5) is 11.1. The van der Waals surface area contributed by atoms with Gasteiger partial charge < -0.3 is 4.74 Å². The second kappa shape index (κ2) is 4.87. The first-order valence-corrected chi connectivity index (χ1v) is 6.02. The first-order chi connectivity index (χ1) is 6.58. The molecular formula is C11H18O2S. The molecule has 0 spiro atoms. The number of methoxy groups -OCH3 is 1. The number of hydrogen-bond acceptors (Lipinski definition) is 3. The largest absolute Gasteiger partial charge is 0.469 e. The predicted octanol–water partition coefficient (Wildman–Crippen LogP) is 2.64. The minimum atomic E-state index is -0.0709. The summed E-state index contributed by atoms with van der Waals surface area (Å²) in [5.74, 6) is 2.00. The molecular weight excluding hydrogens is 196 g/mol. The zero-order valence-corrected chi connectivity index (χ0v) is 9.78. The molecule has 1 fully saturated rings. The van der Waals surface area contributed by atoms with E-state index in [0.717, 1.165) is 11.5 Å². The number of ether oxygens (including phenoxy) is 1. The van der Waals surface area contributed by atoms with E-state index in [1.807, 2.05) is 18.7 Å². The Hall–Kier alpha value is -0.440. The summed E-state index contributed by atoms with van der Waals surface area (Å²) in [7, 11) is 1.46. The molecule has 0 aromatic heterocycles. The van der Waals surface area contributed by atoms with Crippen LogP contribution in [0.2, 0.25) is 0 Å². The number of hydrogen-bond donors (Lipinski definition) is 0. The van der Waals surface area contributed by atoms with E-state index in [9.17, 15) is 4.79 Å². The standard InChI is InChI=1S/C11H18O2S/c1-9(2)7-14-8-11(4-5-11)6-10(12)13-3/h1,4-8H2,2-3H3. The maximum absolute atomic E-state index is 11.1. The average Bonchev–Trinajstić information content (AvgIpc) is 2.84. The maximum atomic E-state index is 11.1. The predicted molar refractivity (Wildman–Crippen MR) is 60.4 cm³/mol. The molecule has 0 aliphatic heterocycles. The van der Waals surface area contributed by atoms with Gasteiger partial charge >= 0.3 is 5.97 Å². The molecule has 14 heavy (non-hydrogen) atoms. The minimum absolute atomic E-state index is 0.0709. The third kappa shape index (κ3) is 3.74. The fraction of sp³-hybridized carbons (Fsp3) is 0.727. The topological polar surface area (TPSA) is 26.3 Å². The fourth-order valence-electron chi connectivity index (χ4n) is 1.37. The van der Waals surface area contributed by atoms with Crippen LogP contribution in [0.3, 0.4) is 0 Å². The smallest absolute Gasteiger partial charge is 0.306 e. The lowest BCUT2D eigenvalue weighted by atomic mass is 10.1. The van der Waals surface area contributed by atoms with Crippen LogP contribution in [-0.2, 0) is 9.53 Å². The minimum Gasteiger partial charge on any atom is -0.469 e. The lowest BCUT2D eigenvalue weighted by Crippen LogP contribution is -2.13. The molecule has 0 aromatic rings. The van der Waals surface area contributed by atoms with Gasteiger partial charge in [-0.05, 0) is 30.9 Å². The van der Waals surface area contributed by atoms with Crippen molar-refractivity contribution in [1.82, 2.24) is 0 Å². The van der Waals surface area contributed by atoms with Crippen LogP contribution in [0.15, 0.2) is 12.2 Å². The molecule has 1 aliphatic rings. The Labute approximate surface area is 90.1 Å². The zero-order chi connectivity index (χ0) is 10.6. The molecule has 0 amide bonds. The van der Waals surface area contributed by atoms with Crippen LogP contribution in [0.25, 0.3) is 0 Å². The molecule has 2 nitrogen and oxygen atoms in total. The molecule has 1 aliphatic carbocycles. The second-order valence-corrected chi connectivity index (χ2v) is 5.19. The number of rotatable bonds is 6.